The van der Waals surface area contributed by atoms with E-state index in [1.165, 1.54) is 5.56 Å². The monoisotopic (exact) mass is 354 g/mol. The Bertz CT molecular complexity index is 778. The van der Waals surface area contributed by atoms with Crippen molar-refractivity contribution in [3.63, 3.8) is 0 Å². The topological polar surface area (TPSA) is 71.2 Å². The number of hydrogen-bond donors (Lipinski definition) is 2. The molecule has 1 atom stereocenters. The fraction of sp³-hybridized carbons (Fsp3) is 0.429. The number of amides is 1. The first-order valence-corrected chi connectivity index (χ1v) is 9.08. The van der Waals surface area contributed by atoms with E-state index in [0.29, 0.717) is 23.4 Å². The number of hydrogen-bond acceptors (Lipinski definition) is 3. The molecule has 2 N–H and O–H groups in total. The summed E-state index contributed by atoms with van der Waals surface area (Å²) in [4.78, 5) is 27.8. The Morgan fingerprint density at radius 2 is 1.92 bits per heavy atom. The molecule has 3 rings (SSSR count). The molecule has 0 saturated carbocycles. The molecule has 0 unspecified atom stereocenters. The summed E-state index contributed by atoms with van der Waals surface area (Å²) in [7, 11) is 0. The smallest absolute Gasteiger partial charge is 0.267 e. The standard InChI is InChI=1S/C21H26N2O3/c1-21(2,3)16-8-6-14(7-9-16)19(24)15-11-18(22-12-15)20(25)23-13-17-5-4-10-26-17/h6-9,11-12,17,22H,4-5,10,13H2,1-3H3,(H,23,25)/t17-/m1/s1. The highest BCUT2D eigenvalue weighted by Crippen LogP contribution is 2.23. The molecule has 26 heavy (non-hydrogen) atoms. The molecular weight excluding hydrogens is 328 g/mol. The molecule has 0 bridgehead atoms. The van der Waals surface area contributed by atoms with E-state index in [9.17, 15) is 9.59 Å². The van der Waals surface area contributed by atoms with Crippen molar-refractivity contribution in [3.8, 4) is 0 Å². The van der Waals surface area contributed by atoms with Gasteiger partial charge < -0.3 is 15.0 Å². The zero-order valence-corrected chi connectivity index (χ0v) is 15.6. The maximum Gasteiger partial charge on any atom is 0.267 e. The number of ether oxygens (including phenoxy) is 1. The summed E-state index contributed by atoms with van der Waals surface area (Å²) in [5.41, 5.74) is 2.71. The Morgan fingerprint density at radius 3 is 2.54 bits per heavy atom. The molecule has 1 aromatic heterocycles. The van der Waals surface area contributed by atoms with E-state index in [0.717, 1.165) is 19.4 Å². The summed E-state index contributed by atoms with van der Waals surface area (Å²) >= 11 is 0. The second-order valence-electron chi connectivity index (χ2n) is 7.80. The Morgan fingerprint density at radius 1 is 1.19 bits per heavy atom. The van der Waals surface area contributed by atoms with Crippen molar-refractivity contribution in [1.29, 1.82) is 0 Å². The molecule has 5 heteroatoms. The Balaban J connectivity index is 1.64. The molecule has 1 aromatic carbocycles. The fourth-order valence-corrected chi connectivity index (χ4v) is 3.05. The highest BCUT2D eigenvalue weighted by Gasteiger charge is 2.19. The van der Waals surface area contributed by atoms with Crippen LogP contribution in [0, 0.1) is 0 Å². The Kier molecular flexibility index (Phi) is 5.28. The number of H-pyrrole nitrogens is 1. The Hall–Kier alpha value is -2.40. The number of carbonyl (C=O) groups is 2. The van der Waals surface area contributed by atoms with Gasteiger partial charge >= 0.3 is 0 Å². The van der Waals surface area contributed by atoms with Crippen molar-refractivity contribution < 1.29 is 14.3 Å². The summed E-state index contributed by atoms with van der Waals surface area (Å²) in [6.45, 7) is 7.66. The van der Waals surface area contributed by atoms with E-state index >= 15 is 0 Å². The third-order valence-corrected chi connectivity index (χ3v) is 4.72. The second-order valence-corrected chi connectivity index (χ2v) is 7.80. The quantitative estimate of drug-likeness (QED) is 0.808. The molecule has 0 aliphatic carbocycles. The largest absolute Gasteiger partial charge is 0.376 e. The van der Waals surface area contributed by atoms with Crippen LogP contribution in [0.2, 0.25) is 0 Å². The highest BCUT2D eigenvalue weighted by molar-refractivity contribution is 6.10. The molecule has 1 aliphatic rings. The van der Waals surface area contributed by atoms with Gasteiger partial charge in [0.25, 0.3) is 5.91 Å². The van der Waals surface area contributed by atoms with E-state index < -0.39 is 0 Å². The molecule has 138 valence electrons. The molecule has 1 amide bonds. The first-order valence-electron chi connectivity index (χ1n) is 9.08. The van der Waals surface area contributed by atoms with Crippen molar-refractivity contribution >= 4 is 11.7 Å². The van der Waals surface area contributed by atoms with Crippen LogP contribution in [0.25, 0.3) is 0 Å². The van der Waals surface area contributed by atoms with Crippen LogP contribution in [0.15, 0.2) is 36.5 Å². The number of nitrogens with one attached hydrogen (secondary N) is 2. The summed E-state index contributed by atoms with van der Waals surface area (Å²) < 4.78 is 5.49. The van der Waals surface area contributed by atoms with Crippen LogP contribution in [-0.2, 0) is 10.2 Å². The van der Waals surface area contributed by atoms with Crippen LogP contribution in [0.4, 0.5) is 0 Å². The highest BCUT2D eigenvalue weighted by atomic mass is 16.5. The molecule has 0 radical (unpaired) electrons. The average molecular weight is 354 g/mol. The first kappa shape index (κ1) is 18.4. The number of rotatable bonds is 5. The van der Waals surface area contributed by atoms with Crippen LogP contribution in [0.3, 0.4) is 0 Å². The predicted octanol–water partition coefficient (Wildman–Crippen LogP) is 3.45. The van der Waals surface area contributed by atoms with Gasteiger partial charge in [0.05, 0.1) is 6.10 Å². The van der Waals surface area contributed by atoms with Crippen molar-refractivity contribution in [2.75, 3.05) is 13.2 Å². The van der Waals surface area contributed by atoms with Crippen molar-refractivity contribution in [1.82, 2.24) is 10.3 Å². The zero-order chi connectivity index (χ0) is 18.7. The summed E-state index contributed by atoms with van der Waals surface area (Å²) in [5.74, 6) is -0.317. The molecule has 2 aromatic rings. The molecule has 1 aliphatic heterocycles. The lowest BCUT2D eigenvalue weighted by molar-refractivity contribution is 0.0854. The van der Waals surface area contributed by atoms with E-state index in [2.05, 4.69) is 31.1 Å². The lowest BCUT2D eigenvalue weighted by Crippen LogP contribution is -2.31. The summed E-state index contributed by atoms with van der Waals surface area (Å²) in [6, 6.07) is 9.25. The number of carbonyl (C=O) groups excluding carboxylic acids is 2. The van der Waals surface area contributed by atoms with Crippen LogP contribution < -0.4 is 5.32 Å². The predicted molar refractivity (Wildman–Crippen MR) is 101 cm³/mol. The molecule has 1 fully saturated rings. The Labute approximate surface area is 154 Å². The van der Waals surface area contributed by atoms with Gasteiger partial charge in [-0.2, -0.15) is 0 Å². The van der Waals surface area contributed by atoms with Gasteiger partial charge in [-0.05, 0) is 29.9 Å². The second kappa shape index (κ2) is 7.46. The summed E-state index contributed by atoms with van der Waals surface area (Å²) in [6.07, 6.45) is 3.69. The van der Waals surface area contributed by atoms with Gasteiger partial charge in [-0.3, -0.25) is 9.59 Å². The summed E-state index contributed by atoms with van der Waals surface area (Å²) in [5, 5.41) is 2.85. The lowest BCUT2D eigenvalue weighted by atomic mass is 9.86. The van der Waals surface area contributed by atoms with Gasteiger partial charge in [0.2, 0.25) is 0 Å². The number of benzene rings is 1. The molecule has 0 spiro atoms. The van der Waals surface area contributed by atoms with Crippen LogP contribution >= 0.6 is 0 Å². The van der Waals surface area contributed by atoms with Gasteiger partial charge in [0.15, 0.2) is 5.78 Å². The van der Waals surface area contributed by atoms with Gasteiger partial charge in [-0.15, -0.1) is 0 Å². The van der Waals surface area contributed by atoms with Crippen LogP contribution in [0.5, 0.6) is 0 Å². The minimum absolute atomic E-state index is 0.0456. The maximum absolute atomic E-state index is 12.6. The minimum atomic E-state index is -0.220. The van der Waals surface area contributed by atoms with Crippen molar-refractivity contribution in [2.45, 2.75) is 45.1 Å². The number of aromatic amines is 1. The minimum Gasteiger partial charge on any atom is -0.376 e. The zero-order valence-electron chi connectivity index (χ0n) is 15.6. The van der Waals surface area contributed by atoms with Crippen molar-refractivity contribution in [2.24, 2.45) is 0 Å². The third-order valence-electron chi connectivity index (χ3n) is 4.72. The van der Waals surface area contributed by atoms with Crippen LogP contribution in [-0.4, -0.2) is 35.9 Å². The van der Waals surface area contributed by atoms with Crippen LogP contribution in [0.1, 0.15) is 65.6 Å². The fourth-order valence-electron chi connectivity index (χ4n) is 3.05. The van der Waals surface area contributed by atoms with E-state index in [1.54, 1.807) is 12.3 Å². The van der Waals surface area contributed by atoms with E-state index in [1.807, 2.05) is 24.3 Å². The van der Waals surface area contributed by atoms with Gasteiger partial charge in [-0.25, -0.2) is 0 Å². The first-order chi connectivity index (χ1) is 12.3. The normalized spacial score (nSPS) is 17.3. The van der Waals surface area contributed by atoms with Gasteiger partial charge in [-0.1, -0.05) is 45.0 Å². The SMILES string of the molecule is CC(C)(C)c1ccc(C(=O)c2c[nH]c(C(=O)NC[C@H]3CCCO3)c2)cc1. The number of aromatic nitrogens is 1. The maximum atomic E-state index is 12.6. The third kappa shape index (κ3) is 4.22. The van der Waals surface area contributed by atoms with Crippen molar-refractivity contribution in [3.05, 3.63) is 58.9 Å². The average Bonchev–Trinajstić information content (AvgIpc) is 3.30. The van der Waals surface area contributed by atoms with E-state index in [-0.39, 0.29) is 23.2 Å². The molecule has 2 heterocycles. The van der Waals surface area contributed by atoms with Gasteiger partial charge in [0.1, 0.15) is 5.69 Å². The lowest BCUT2D eigenvalue weighted by Gasteiger charge is -2.18. The number of ketones is 1. The van der Waals surface area contributed by atoms with Gasteiger partial charge in [0, 0.05) is 30.5 Å². The molecule has 5 nitrogen and oxygen atoms in total. The molecule has 1 saturated heterocycles. The molecular formula is C21H26N2O3. The van der Waals surface area contributed by atoms with E-state index in [4.69, 9.17) is 4.74 Å².